The molecule has 2 aromatic rings. The molecule has 0 saturated carbocycles. The summed E-state index contributed by atoms with van der Waals surface area (Å²) in [7, 11) is 3.19. The number of hydrogen-bond donors (Lipinski definition) is 1. The van der Waals surface area contributed by atoms with E-state index in [2.05, 4.69) is 22.4 Å². The molecule has 0 spiro atoms. The molecule has 0 radical (unpaired) electrons. The van der Waals surface area contributed by atoms with Crippen molar-refractivity contribution in [2.45, 2.75) is 19.8 Å². The number of rotatable bonds is 8. The van der Waals surface area contributed by atoms with Crippen LogP contribution in [0.4, 0.5) is 0 Å². The average molecular weight is 291 g/mol. The normalized spacial score (nSPS) is 10.6. The lowest BCUT2D eigenvalue weighted by atomic mass is 10.2. The fraction of sp³-hybridized carbons (Fsp3) is 0.467. The van der Waals surface area contributed by atoms with Crippen LogP contribution in [0.15, 0.2) is 22.6 Å². The summed E-state index contributed by atoms with van der Waals surface area (Å²) in [4.78, 5) is 0. The van der Waals surface area contributed by atoms with Crippen LogP contribution in [0.3, 0.4) is 0 Å². The molecule has 1 aromatic heterocycles. The van der Waals surface area contributed by atoms with Crippen molar-refractivity contribution in [2.24, 2.45) is 0 Å². The highest BCUT2D eigenvalue weighted by atomic mass is 16.5. The van der Waals surface area contributed by atoms with E-state index in [1.54, 1.807) is 14.2 Å². The van der Waals surface area contributed by atoms with Crippen LogP contribution in [0.2, 0.25) is 0 Å². The summed E-state index contributed by atoms with van der Waals surface area (Å²) in [6, 6.07) is 5.57. The van der Waals surface area contributed by atoms with Gasteiger partial charge >= 0.3 is 0 Å². The van der Waals surface area contributed by atoms with Crippen molar-refractivity contribution in [3.63, 3.8) is 0 Å². The molecular formula is C15H21N3O3. The van der Waals surface area contributed by atoms with Crippen LogP contribution in [0, 0.1) is 0 Å². The fourth-order valence-electron chi connectivity index (χ4n) is 2.06. The Kier molecular flexibility index (Phi) is 5.57. The van der Waals surface area contributed by atoms with Gasteiger partial charge in [0.05, 0.1) is 19.8 Å². The van der Waals surface area contributed by atoms with Gasteiger partial charge in [-0.25, -0.2) is 0 Å². The molecule has 2 rings (SSSR count). The Morgan fingerprint density at radius 1 is 1.19 bits per heavy atom. The number of aromatic nitrogens is 2. The highest BCUT2D eigenvalue weighted by molar-refractivity contribution is 5.67. The zero-order valence-corrected chi connectivity index (χ0v) is 12.7. The molecule has 1 aromatic carbocycles. The highest BCUT2D eigenvalue weighted by Crippen LogP contribution is 2.37. The van der Waals surface area contributed by atoms with Crippen molar-refractivity contribution >= 4 is 0 Å². The summed E-state index contributed by atoms with van der Waals surface area (Å²) in [5.74, 6) is 2.32. The molecule has 0 amide bonds. The van der Waals surface area contributed by atoms with E-state index < -0.39 is 0 Å². The van der Waals surface area contributed by atoms with Crippen molar-refractivity contribution in [2.75, 3.05) is 27.3 Å². The van der Waals surface area contributed by atoms with Gasteiger partial charge in [0, 0.05) is 6.42 Å². The second kappa shape index (κ2) is 7.64. The maximum Gasteiger partial charge on any atom is 0.251 e. The minimum absolute atomic E-state index is 0.448. The van der Waals surface area contributed by atoms with Crippen LogP contribution in [0.1, 0.15) is 19.2 Å². The predicted octanol–water partition coefficient (Wildman–Crippen LogP) is 2.30. The molecule has 0 aliphatic rings. The first-order valence-electron chi connectivity index (χ1n) is 7.04. The Labute approximate surface area is 124 Å². The third-order valence-corrected chi connectivity index (χ3v) is 3.09. The number of hydrogen-bond acceptors (Lipinski definition) is 6. The number of benzene rings is 1. The predicted molar refractivity (Wildman–Crippen MR) is 79.7 cm³/mol. The number of para-hydroxylation sites is 1. The average Bonchev–Trinajstić information content (AvgIpc) is 2.99. The first-order chi connectivity index (χ1) is 10.3. The van der Waals surface area contributed by atoms with Crippen molar-refractivity contribution < 1.29 is 13.9 Å². The second-order valence-electron chi connectivity index (χ2n) is 4.50. The lowest BCUT2D eigenvalue weighted by Crippen LogP contribution is -2.14. The van der Waals surface area contributed by atoms with E-state index in [-0.39, 0.29) is 0 Å². The van der Waals surface area contributed by atoms with Gasteiger partial charge in [-0.15, -0.1) is 10.2 Å². The third-order valence-electron chi connectivity index (χ3n) is 3.09. The van der Waals surface area contributed by atoms with Gasteiger partial charge < -0.3 is 19.2 Å². The molecule has 0 unspecified atom stereocenters. The largest absolute Gasteiger partial charge is 0.493 e. The van der Waals surface area contributed by atoms with E-state index in [9.17, 15) is 0 Å². The summed E-state index contributed by atoms with van der Waals surface area (Å²) in [6.45, 7) is 3.99. The van der Waals surface area contributed by atoms with Crippen molar-refractivity contribution in [3.05, 3.63) is 24.1 Å². The molecule has 114 valence electrons. The molecule has 0 aliphatic carbocycles. The second-order valence-corrected chi connectivity index (χ2v) is 4.50. The first kappa shape index (κ1) is 15.3. The van der Waals surface area contributed by atoms with Crippen LogP contribution in [0.5, 0.6) is 11.5 Å². The number of aryl methyl sites for hydroxylation is 1. The monoisotopic (exact) mass is 291 g/mol. The fourth-order valence-corrected chi connectivity index (χ4v) is 2.06. The molecule has 0 saturated heterocycles. The SMILES string of the molecule is CCNCCCc1nnc(-c2cccc(OC)c2OC)o1. The van der Waals surface area contributed by atoms with Gasteiger partial charge in [0.25, 0.3) is 5.89 Å². The standard InChI is InChI=1S/C15H21N3O3/c1-4-16-10-6-9-13-17-18-15(21-13)11-7-5-8-12(19-2)14(11)20-3/h5,7-8,16H,4,6,9-10H2,1-3H3. The van der Waals surface area contributed by atoms with Gasteiger partial charge in [0.15, 0.2) is 11.5 Å². The molecule has 6 heteroatoms. The topological polar surface area (TPSA) is 69.4 Å². The van der Waals surface area contributed by atoms with Gasteiger partial charge in [-0.1, -0.05) is 13.0 Å². The van der Waals surface area contributed by atoms with Crippen molar-refractivity contribution in [1.29, 1.82) is 0 Å². The van der Waals surface area contributed by atoms with E-state index in [1.165, 1.54) is 0 Å². The third kappa shape index (κ3) is 3.72. The Balaban J connectivity index is 2.14. The zero-order valence-electron chi connectivity index (χ0n) is 12.7. The van der Waals surface area contributed by atoms with Gasteiger partial charge in [-0.05, 0) is 31.6 Å². The summed E-state index contributed by atoms with van der Waals surface area (Å²) in [5.41, 5.74) is 0.738. The van der Waals surface area contributed by atoms with E-state index in [4.69, 9.17) is 13.9 Å². The minimum Gasteiger partial charge on any atom is -0.493 e. The van der Waals surface area contributed by atoms with Gasteiger partial charge in [0.2, 0.25) is 5.89 Å². The lowest BCUT2D eigenvalue weighted by molar-refractivity contribution is 0.355. The minimum atomic E-state index is 0.448. The van der Waals surface area contributed by atoms with Gasteiger partial charge in [-0.2, -0.15) is 0 Å². The Bertz CT molecular complexity index is 569. The molecule has 0 bridgehead atoms. The molecule has 1 N–H and O–H groups in total. The van der Waals surface area contributed by atoms with Crippen LogP contribution < -0.4 is 14.8 Å². The highest BCUT2D eigenvalue weighted by Gasteiger charge is 2.16. The molecule has 6 nitrogen and oxygen atoms in total. The summed E-state index contributed by atoms with van der Waals surface area (Å²) in [5, 5.41) is 11.4. The first-order valence-corrected chi connectivity index (χ1v) is 7.04. The Hall–Kier alpha value is -2.08. The maximum atomic E-state index is 5.71. The van der Waals surface area contributed by atoms with Crippen LogP contribution in [-0.2, 0) is 6.42 Å². The van der Waals surface area contributed by atoms with Crippen LogP contribution >= 0.6 is 0 Å². The van der Waals surface area contributed by atoms with Crippen molar-refractivity contribution in [1.82, 2.24) is 15.5 Å². The molecular weight excluding hydrogens is 270 g/mol. The molecule has 1 heterocycles. The van der Waals surface area contributed by atoms with Gasteiger partial charge in [-0.3, -0.25) is 0 Å². The zero-order chi connectivity index (χ0) is 15.1. The number of ether oxygens (including phenoxy) is 2. The van der Waals surface area contributed by atoms with E-state index in [0.717, 1.165) is 31.5 Å². The van der Waals surface area contributed by atoms with Crippen LogP contribution in [0.25, 0.3) is 11.5 Å². The summed E-state index contributed by atoms with van der Waals surface area (Å²) < 4.78 is 16.4. The molecule has 0 aliphatic heterocycles. The van der Waals surface area contributed by atoms with Gasteiger partial charge in [0.1, 0.15) is 0 Å². The van der Waals surface area contributed by atoms with E-state index >= 15 is 0 Å². The maximum absolute atomic E-state index is 5.71. The molecule has 21 heavy (non-hydrogen) atoms. The smallest absolute Gasteiger partial charge is 0.251 e. The molecule has 0 fully saturated rings. The lowest BCUT2D eigenvalue weighted by Gasteiger charge is -2.09. The number of nitrogens with zero attached hydrogens (tertiary/aromatic N) is 2. The summed E-state index contributed by atoms with van der Waals surface area (Å²) in [6.07, 6.45) is 1.72. The quantitative estimate of drug-likeness (QED) is 0.753. The van der Waals surface area contributed by atoms with E-state index in [1.807, 2.05) is 18.2 Å². The molecule has 0 atom stereocenters. The number of nitrogens with one attached hydrogen (secondary N) is 1. The van der Waals surface area contributed by atoms with E-state index in [0.29, 0.717) is 23.3 Å². The Morgan fingerprint density at radius 2 is 2.05 bits per heavy atom. The van der Waals surface area contributed by atoms with Crippen molar-refractivity contribution in [3.8, 4) is 23.0 Å². The van der Waals surface area contributed by atoms with Crippen LogP contribution in [-0.4, -0.2) is 37.5 Å². The number of methoxy groups -OCH3 is 2. The Morgan fingerprint density at radius 3 is 2.76 bits per heavy atom. The summed E-state index contributed by atoms with van der Waals surface area (Å²) >= 11 is 0.